The number of hydrogen-bond donors (Lipinski definition) is 2. The van der Waals surface area contributed by atoms with Crippen LogP contribution in [0.25, 0.3) is 0 Å². The minimum absolute atomic E-state index is 0.0277. The Bertz CT molecular complexity index is 717. The Morgan fingerprint density at radius 2 is 2.05 bits per heavy atom. The SMILES string of the molecule is COc1ccc(S(=O)(=O)Nc2ccc(F)nc2)cc1N. The molecule has 8 heteroatoms. The van der Waals surface area contributed by atoms with Gasteiger partial charge >= 0.3 is 0 Å². The lowest BCUT2D eigenvalue weighted by Crippen LogP contribution is -2.13. The molecule has 2 rings (SSSR count). The first kappa shape index (κ1) is 14.1. The third kappa shape index (κ3) is 2.97. The highest BCUT2D eigenvalue weighted by atomic mass is 32.2. The molecule has 20 heavy (non-hydrogen) atoms. The van der Waals surface area contributed by atoms with Crippen LogP contribution in [0.1, 0.15) is 0 Å². The second kappa shape index (κ2) is 5.33. The molecule has 0 aliphatic carbocycles. The first-order chi connectivity index (χ1) is 9.42. The number of nitrogens with one attached hydrogen (secondary N) is 1. The van der Waals surface area contributed by atoms with Crippen molar-refractivity contribution in [2.45, 2.75) is 4.90 Å². The molecule has 1 heterocycles. The zero-order valence-electron chi connectivity index (χ0n) is 10.5. The van der Waals surface area contributed by atoms with E-state index in [0.717, 1.165) is 12.3 Å². The van der Waals surface area contributed by atoms with E-state index in [0.29, 0.717) is 5.75 Å². The van der Waals surface area contributed by atoms with Crippen molar-refractivity contribution in [2.24, 2.45) is 0 Å². The van der Waals surface area contributed by atoms with Crippen LogP contribution in [0, 0.1) is 5.95 Å². The lowest BCUT2D eigenvalue weighted by Gasteiger charge is -2.10. The Morgan fingerprint density at radius 1 is 1.30 bits per heavy atom. The van der Waals surface area contributed by atoms with E-state index in [2.05, 4.69) is 9.71 Å². The molecule has 0 saturated heterocycles. The monoisotopic (exact) mass is 297 g/mol. The highest BCUT2D eigenvalue weighted by Crippen LogP contribution is 2.25. The quantitative estimate of drug-likeness (QED) is 0.660. The zero-order chi connectivity index (χ0) is 14.8. The molecule has 0 saturated carbocycles. The van der Waals surface area contributed by atoms with E-state index >= 15 is 0 Å². The molecule has 1 aromatic heterocycles. The van der Waals surface area contributed by atoms with Gasteiger partial charge < -0.3 is 10.5 Å². The number of ether oxygens (including phenoxy) is 1. The van der Waals surface area contributed by atoms with Gasteiger partial charge in [0.2, 0.25) is 5.95 Å². The maximum Gasteiger partial charge on any atom is 0.262 e. The number of sulfonamides is 1. The second-order valence-electron chi connectivity index (χ2n) is 3.88. The number of aromatic nitrogens is 1. The lowest BCUT2D eigenvalue weighted by molar-refractivity contribution is 0.416. The average Bonchev–Trinajstić information content (AvgIpc) is 2.41. The summed E-state index contributed by atoms with van der Waals surface area (Å²) in [7, 11) is -2.39. The van der Waals surface area contributed by atoms with E-state index in [1.54, 1.807) is 0 Å². The Balaban J connectivity index is 2.30. The molecule has 106 valence electrons. The molecule has 0 amide bonds. The van der Waals surface area contributed by atoms with Gasteiger partial charge in [-0.25, -0.2) is 13.4 Å². The first-order valence-electron chi connectivity index (χ1n) is 5.50. The highest BCUT2D eigenvalue weighted by molar-refractivity contribution is 7.92. The van der Waals surface area contributed by atoms with Crippen molar-refractivity contribution in [2.75, 3.05) is 17.6 Å². The second-order valence-corrected chi connectivity index (χ2v) is 5.56. The molecule has 0 bridgehead atoms. The molecule has 2 aromatic rings. The van der Waals surface area contributed by atoms with Crippen molar-refractivity contribution in [1.82, 2.24) is 4.98 Å². The summed E-state index contributed by atoms with van der Waals surface area (Å²) >= 11 is 0. The summed E-state index contributed by atoms with van der Waals surface area (Å²) in [5, 5.41) is 0. The number of rotatable bonds is 4. The van der Waals surface area contributed by atoms with E-state index in [4.69, 9.17) is 10.5 Å². The smallest absolute Gasteiger partial charge is 0.262 e. The summed E-state index contributed by atoms with van der Waals surface area (Å²) < 4.78 is 44.1. The van der Waals surface area contributed by atoms with Crippen LogP contribution < -0.4 is 15.2 Å². The van der Waals surface area contributed by atoms with Crippen molar-refractivity contribution in [3.05, 3.63) is 42.5 Å². The third-order valence-electron chi connectivity index (χ3n) is 2.49. The molecule has 0 aliphatic heterocycles. The standard InChI is InChI=1S/C12H12FN3O3S/c1-19-11-4-3-9(6-10(11)14)20(17,18)16-8-2-5-12(13)15-7-8/h2-7,16H,14H2,1H3. The van der Waals surface area contributed by atoms with Crippen molar-refractivity contribution in [1.29, 1.82) is 0 Å². The molecule has 0 fully saturated rings. The Labute approximate surface area is 115 Å². The minimum Gasteiger partial charge on any atom is -0.495 e. The van der Waals surface area contributed by atoms with E-state index in [1.807, 2.05) is 0 Å². The van der Waals surface area contributed by atoms with Crippen molar-refractivity contribution in [3.8, 4) is 5.75 Å². The van der Waals surface area contributed by atoms with Crippen molar-refractivity contribution < 1.29 is 17.5 Å². The summed E-state index contributed by atoms with van der Waals surface area (Å²) in [6, 6.07) is 6.41. The number of methoxy groups -OCH3 is 1. The molecule has 0 spiro atoms. The van der Waals surface area contributed by atoms with E-state index in [1.165, 1.54) is 31.4 Å². The number of hydrogen-bond acceptors (Lipinski definition) is 5. The van der Waals surface area contributed by atoms with Crippen LogP contribution in [0.3, 0.4) is 0 Å². The Morgan fingerprint density at radius 3 is 2.60 bits per heavy atom. The number of halogens is 1. The summed E-state index contributed by atoms with van der Waals surface area (Å²) in [5.41, 5.74) is 6.02. The molecule has 1 aromatic carbocycles. The van der Waals surface area contributed by atoms with Gasteiger partial charge in [-0.1, -0.05) is 0 Å². The fourth-order valence-corrected chi connectivity index (χ4v) is 2.61. The van der Waals surface area contributed by atoms with Crippen LogP contribution in [0.15, 0.2) is 41.4 Å². The molecule has 0 aliphatic rings. The maximum atomic E-state index is 12.7. The molecule has 0 radical (unpaired) electrons. The van der Waals surface area contributed by atoms with Crippen molar-refractivity contribution >= 4 is 21.4 Å². The van der Waals surface area contributed by atoms with Crippen LogP contribution in [0.5, 0.6) is 5.75 Å². The highest BCUT2D eigenvalue weighted by Gasteiger charge is 2.16. The molecule has 0 atom stereocenters. The fraction of sp³-hybridized carbons (Fsp3) is 0.0833. The predicted octanol–water partition coefficient (Wildman–Crippen LogP) is 1.61. The number of nitrogens with zero attached hydrogens (tertiary/aromatic N) is 1. The van der Waals surface area contributed by atoms with Gasteiger partial charge in [0.15, 0.2) is 0 Å². The predicted molar refractivity (Wildman–Crippen MR) is 72.4 cm³/mol. The van der Waals surface area contributed by atoms with Crippen LogP contribution in [0.2, 0.25) is 0 Å². The third-order valence-corrected chi connectivity index (χ3v) is 3.87. The van der Waals surface area contributed by atoms with E-state index < -0.39 is 16.0 Å². The van der Waals surface area contributed by atoms with Gasteiger partial charge in [0.1, 0.15) is 5.75 Å². The van der Waals surface area contributed by atoms with Gasteiger partial charge in [-0.15, -0.1) is 0 Å². The Hall–Kier alpha value is -2.35. The molecule has 0 unspecified atom stereocenters. The Kier molecular flexibility index (Phi) is 3.75. The summed E-state index contributed by atoms with van der Waals surface area (Å²) in [6.07, 6.45) is 1.08. The van der Waals surface area contributed by atoms with Crippen LogP contribution >= 0.6 is 0 Å². The first-order valence-corrected chi connectivity index (χ1v) is 6.98. The van der Waals surface area contributed by atoms with Gasteiger partial charge in [-0.3, -0.25) is 4.72 Å². The van der Waals surface area contributed by atoms with Crippen LogP contribution in [-0.2, 0) is 10.0 Å². The van der Waals surface area contributed by atoms with E-state index in [-0.39, 0.29) is 16.3 Å². The number of nitrogen functional groups attached to an aromatic ring is 1. The largest absolute Gasteiger partial charge is 0.495 e. The van der Waals surface area contributed by atoms with Crippen LogP contribution in [0.4, 0.5) is 15.8 Å². The lowest BCUT2D eigenvalue weighted by atomic mass is 10.3. The number of anilines is 2. The van der Waals surface area contributed by atoms with Crippen LogP contribution in [-0.4, -0.2) is 20.5 Å². The van der Waals surface area contributed by atoms with Crippen molar-refractivity contribution in [3.63, 3.8) is 0 Å². The number of nitrogens with two attached hydrogens (primary N) is 1. The fourth-order valence-electron chi connectivity index (χ4n) is 1.53. The van der Waals surface area contributed by atoms with Gasteiger partial charge in [-0.2, -0.15) is 4.39 Å². The maximum absolute atomic E-state index is 12.7. The van der Waals surface area contributed by atoms with E-state index in [9.17, 15) is 12.8 Å². The summed E-state index contributed by atoms with van der Waals surface area (Å²) in [4.78, 5) is 3.34. The van der Waals surface area contributed by atoms with Gasteiger partial charge in [0, 0.05) is 0 Å². The summed E-state index contributed by atoms with van der Waals surface area (Å²) in [5.74, 6) is -0.311. The number of pyridine rings is 1. The van der Waals surface area contributed by atoms with Gasteiger partial charge in [0.25, 0.3) is 10.0 Å². The molecular weight excluding hydrogens is 285 g/mol. The molecule has 6 nitrogen and oxygen atoms in total. The minimum atomic E-state index is -3.82. The van der Waals surface area contributed by atoms with Gasteiger partial charge in [-0.05, 0) is 30.3 Å². The molecule has 3 N–H and O–H groups in total. The molecular formula is C12H12FN3O3S. The zero-order valence-corrected chi connectivity index (χ0v) is 11.3. The normalized spacial score (nSPS) is 11.1. The number of benzene rings is 1. The summed E-state index contributed by atoms with van der Waals surface area (Å²) in [6.45, 7) is 0. The average molecular weight is 297 g/mol. The van der Waals surface area contributed by atoms with Gasteiger partial charge in [0.05, 0.1) is 29.6 Å². The topological polar surface area (TPSA) is 94.3 Å².